The van der Waals surface area contributed by atoms with Crippen molar-refractivity contribution in [3.05, 3.63) is 17.7 Å². The molecule has 5 fully saturated rings. The molecular weight excluding hydrogens is 474 g/mol. The van der Waals surface area contributed by atoms with Crippen molar-refractivity contribution in [2.45, 2.75) is 81.4 Å². The number of carbonyl (C=O) groups is 2. The number of carbonyl (C=O) groups excluding carboxylic acids is 1. The largest absolute Gasteiger partial charge is 0.481 e. The Hall–Kier alpha value is -1.80. The summed E-state index contributed by atoms with van der Waals surface area (Å²) in [5.41, 5.74) is 0.740. The smallest absolute Gasteiger partial charge is 0.303 e. The first kappa shape index (κ1) is 25.8. The highest BCUT2D eigenvalue weighted by atomic mass is 32.2. The number of carboxylic acids is 1. The standard InChI is InChI=1S/C28H41N3O4S/c1-4-10-36-26-22(7-8-23(29-26)31-9-5-6-18(17-31)13-24(32)33)27(34)30(2)25-20-11-19-12-21(25)16-28(14-19,15-20)35-3/h7-8,18-21,25H,4-6,9-17H2,1-3H3,(H,32,33)/t18?,19?,20-,21?,25?,28?/m0/s1. The topological polar surface area (TPSA) is 83.0 Å². The Morgan fingerprint density at radius 3 is 2.67 bits per heavy atom. The molecule has 7 nitrogen and oxygen atoms in total. The van der Waals surface area contributed by atoms with Gasteiger partial charge in [0.2, 0.25) is 0 Å². The average Bonchev–Trinajstić information content (AvgIpc) is 2.86. The second kappa shape index (κ2) is 10.5. The molecular formula is C28H41N3O4S. The van der Waals surface area contributed by atoms with Crippen molar-refractivity contribution in [1.29, 1.82) is 0 Å². The number of rotatable bonds is 9. The van der Waals surface area contributed by atoms with Crippen LogP contribution < -0.4 is 4.90 Å². The Morgan fingerprint density at radius 2 is 2.00 bits per heavy atom. The van der Waals surface area contributed by atoms with Crippen molar-refractivity contribution in [1.82, 2.24) is 9.88 Å². The van der Waals surface area contributed by atoms with Crippen LogP contribution in [-0.2, 0) is 9.53 Å². The number of anilines is 1. The van der Waals surface area contributed by atoms with Crippen LogP contribution in [0, 0.1) is 23.7 Å². The molecule has 1 saturated heterocycles. The van der Waals surface area contributed by atoms with Crippen LogP contribution in [-0.4, -0.2) is 71.5 Å². The zero-order valence-corrected chi connectivity index (χ0v) is 22.8. The van der Waals surface area contributed by atoms with E-state index in [4.69, 9.17) is 9.72 Å². The lowest BCUT2D eigenvalue weighted by molar-refractivity contribution is -0.168. The van der Waals surface area contributed by atoms with Crippen molar-refractivity contribution >= 4 is 29.5 Å². The molecule has 4 aliphatic carbocycles. The number of pyridine rings is 1. The van der Waals surface area contributed by atoms with Gasteiger partial charge in [0.15, 0.2) is 0 Å². The number of methoxy groups -OCH3 is 1. The fourth-order valence-electron chi connectivity index (χ4n) is 7.90. The van der Waals surface area contributed by atoms with Crippen LogP contribution in [0.5, 0.6) is 0 Å². The van der Waals surface area contributed by atoms with Crippen molar-refractivity contribution in [3.8, 4) is 0 Å². The Balaban J connectivity index is 1.36. The van der Waals surface area contributed by atoms with E-state index in [1.165, 1.54) is 19.3 Å². The summed E-state index contributed by atoms with van der Waals surface area (Å²) in [5, 5.41) is 10.0. The Labute approximate surface area is 219 Å². The first-order chi connectivity index (χ1) is 17.3. The normalized spacial score (nSPS) is 33.1. The Bertz CT molecular complexity index is 972. The van der Waals surface area contributed by atoms with Gasteiger partial charge < -0.3 is 19.6 Å². The van der Waals surface area contributed by atoms with Gasteiger partial charge in [-0.15, -0.1) is 11.8 Å². The number of aliphatic carboxylic acids is 1. The molecule has 0 spiro atoms. The first-order valence-corrected chi connectivity index (χ1v) is 14.7. The molecule has 0 radical (unpaired) electrons. The molecule has 0 aromatic carbocycles. The zero-order chi connectivity index (χ0) is 25.4. The van der Waals surface area contributed by atoms with Gasteiger partial charge >= 0.3 is 5.97 Å². The number of nitrogens with zero attached hydrogens (tertiary/aromatic N) is 3. The maximum atomic E-state index is 13.9. The molecule has 8 heteroatoms. The van der Waals surface area contributed by atoms with Gasteiger partial charge in [0.1, 0.15) is 10.8 Å². The lowest BCUT2D eigenvalue weighted by atomic mass is 9.52. The number of aromatic nitrogens is 1. The molecule has 1 N–H and O–H groups in total. The van der Waals surface area contributed by atoms with Crippen LogP contribution in [0.15, 0.2) is 17.2 Å². The number of carboxylic acid groups (broad SMARTS) is 1. The molecule has 36 heavy (non-hydrogen) atoms. The van der Waals surface area contributed by atoms with Crippen molar-refractivity contribution in [2.75, 3.05) is 37.9 Å². The molecule has 6 atom stereocenters. The van der Waals surface area contributed by atoms with E-state index >= 15 is 0 Å². The predicted octanol–water partition coefficient (Wildman–Crippen LogP) is 4.94. The minimum absolute atomic E-state index is 0.0369. The molecule has 1 aromatic heterocycles. The third kappa shape index (κ3) is 5.00. The van der Waals surface area contributed by atoms with Crippen LogP contribution in [0.1, 0.15) is 75.1 Å². The molecule has 2 heterocycles. The Kier molecular flexibility index (Phi) is 7.55. The van der Waals surface area contributed by atoms with Crippen LogP contribution in [0.25, 0.3) is 0 Å². The predicted molar refractivity (Wildman–Crippen MR) is 142 cm³/mol. The second-order valence-electron chi connectivity index (χ2n) is 11.7. The molecule has 5 aliphatic rings. The van der Waals surface area contributed by atoms with Gasteiger partial charge in [-0.1, -0.05) is 6.92 Å². The molecule has 5 unspecified atom stereocenters. The van der Waals surface area contributed by atoms with E-state index in [1.807, 2.05) is 31.2 Å². The maximum absolute atomic E-state index is 13.9. The van der Waals surface area contributed by atoms with Crippen molar-refractivity contribution in [3.63, 3.8) is 0 Å². The second-order valence-corrected chi connectivity index (χ2v) is 12.8. The highest BCUT2D eigenvalue weighted by molar-refractivity contribution is 7.99. The van der Waals surface area contributed by atoms with Gasteiger partial charge in [0.05, 0.1) is 11.2 Å². The van der Waals surface area contributed by atoms with Gasteiger partial charge in [0.25, 0.3) is 5.91 Å². The van der Waals surface area contributed by atoms with Crippen molar-refractivity contribution < 1.29 is 19.4 Å². The van der Waals surface area contributed by atoms with E-state index in [1.54, 1.807) is 11.8 Å². The van der Waals surface area contributed by atoms with Gasteiger partial charge in [-0.25, -0.2) is 4.98 Å². The number of hydrogen-bond acceptors (Lipinski definition) is 6. The third-order valence-corrected chi connectivity index (χ3v) is 10.4. The van der Waals surface area contributed by atoms with Crippen LogP contribution >= 0.6 is 11.8 Å². The van der Waals surface area contributed by atoms with Crippen LogP contribution in [0.4, 0.5) is 5.82 Å². The highest BCUT2D eigenvalue weighted by Crippen LogP contribution is 2.58. The summed E-state index contributed by atoms with van der Waals surface area (Å²) in [6.07, 6.45) is 8.87. The summed E-state index contributed by atoms with van der Waals surface area (Å²) in [7, 11) is 3.87. The summed E-state index contributed by atoms with van der Waals surface area (Å²) in [4.78, 5) is 34.4. The van der Waals surface area contributed by atoms with E-state index in [9.17, 15) is 14.7 Å². The van der Waals surface area contributed by atoms with Gasteiger partial charge in [-0.2, -0.15) is 0 Å². The summed E-state index contributed by atoms with van der Waals surface area (Å²) < 4.78 is 6.03. The molecule has 4 bridgehead atoms. The molecule has 4 saturated carbocycles. The molecule has 1 amide bonds. The number of thioether (sulfide) groups is 1. The zero-order valence-electron chi connectivity index (χ0n) is 21.9. The third-order valence-electron chi connectivity index (χ3n) is 9.19. The lowest BCUT2D eigenvalue weighted by Crippen LogP contribution is -2.62. The highest BCUT2D eigenvalue weighted by Gasteiger charge is 2.57. The number of ether oxygens (including phenoxy) is 1. The fourth-order valence-corrected chi connectivity index (χ4v) is 8.76. The number of piperidine rings is 1. The first-order valence-electron chi connectivity index (χ1n) is 13.8. The minimum atomic E-state index is -0.737. The van der Waals surface area contributed by atoms with Crippen molar-refractivity contribution in [2.24, 2.45) is 23.7 Å². The summed E-state index contributed by atoms with van der Waals surface area (Å²) in [6, 6.07) is 4.21. The monoisotopic (exact) mass is 515 g/mol. The van der Waals surface area contributed by atoms with Crippen LogP contribution in [0.2, 0.25) is 0 Å². The lowest BCUT2D eigenvalue weighted by Gasteiger charge is -2.60. The number of hydrogen-bond donors (Lipinski definition) is 1. The van der Waals surface area contributed by atoms with Gasteiger partial charge in [-0.05, 0) is 92.9 Å². The van der Waals surface area contributed by atoms with Gasteiger partial charge in [0, 0.05) is 39.7 Å². The molecule has 1 aliphatic heterocycles. The van der Waals surface area contributed by atoms with E-state index in [2.05, 4.69) is 11.8 Å². The maximum Gasteiger partial charge on any atom is 0.303 e. The summed E-state index contributed by atoms with van der Waals surface area (Å²) in [6.45, 7) is 3.73. The Morgan fingerprint density at radius 1 is 1.25 bits per heavy atom. The van der Waals surface area contributed by atoms with E-state index in [0.717, 1.165) is 61.2 Å². The molecule has 198 valence electrons. The fraction of sp³-hybridized carbons (Fsp3) is 0.750. The number of amides is 1. The SMILES string of the molecule is CCCSc1nc(N2CCCC(CC(=O)O)C2)ccc1C(=O)N(C)C1C2CC3C[C@H]1CC(OC)(C3)C2. The van der Waals surface area contributed by atoms with E-state index < -0.39 is 5.97 Å². The van der Waals surface area contributed by atoms with Crippen LogP contribution in [0.3, 0.4) is 0 Å². The van der Waals surface area contributed by atoms with Gasteiger partial charge in [-0.3, -0.25) is 9.59 Å². The minimum Gasteiger partial charge on any atom is -0.481 e. The summed E-state index contributed by atoms with van der Waals surface area (Å²) >= 11 is 1.66. The molecule has 6 rings (SSSR count). The average molecular weight is 516 g/mol. The molecule has 1 aromatic rings. The summed E-state index contributed by atoms with van der Waals surface area (Å²) in [5.74, 6) is 3.04. The van der Waals surface area contributed by atoms with E-state index in [-0.39, 0.29) is 29.9 Å². The quantitative estimate of drug-likeness (QED) is 0.467. The van der Waals surface area contributed by atoms with E-state index in [0.29, 0.717) is 23.9 Å².